The number of carbonyl (C=O) groups is 1. The largest absolute Gasteiger partial charge is 0.383 e. The third kappa shape index (κ3) is 4.38. The van der Waals surface area contributed by atoms with Gasteiger partial charge in [-0.15, -0.1) is 0 Å². The Labute approximate surface area is 160 Å². The topological polar surface area (TPSA) is 64.6 Å². The average Bonchev–Trinajstić information content (AvgIpc) is 2.68. The molecule has 26 heavy (non-hydrogen) atoms. The van der Waals surface area contributed by atoms with Gasteiger partial charge in [0.25, 0.3) is 0 Å². The maximum atomic E-state index is 12.6. The quantitative estimate of drug-likeness (QED) is 0.789. The fourth-order valence-electron chi connectivity index (χ4n) is 3.90. The van der Waals surface area contributed by atoms with Crippen molar-refractivity contribution in [2.24, 2.45) is 0 Å². The first-order valence-electron chi connectivity index (χ1n) is 9.51. The SMILES string of the molecule is CNc1c(Cl)ncnc1N1CCN(CC(=O)N(C)C2CCCCC2)CC1. The summed E-state index contributed by atoms with van der Waals surface area (Å²) in [5.41, 5.74) is 0.760. The Balaban J connectivity index is 1.52. The number of nitrogens with zero attached hydrogens (tertiary/aromatic N) is 5. The van der Waals surface area contributed by atoms with Crippen LogP contribution in [0.25, 0.3) is 0 Å². The molecule has 2 aliphatic rings. The minimum Gasteiger partial charge on any atom is -0.383 e. The molecule has 0 aromatic carbocycles. The lowest BCUT2D eigenvalue weighted by Crippen LogP contribution is -2.51. The van der Waals surface area contributed by atoms with Crippen molar-refractivity contribution in [2.75, 3.05) is 57.0 Å². The van der Waals surface area contributed by atoms with Gasteiger partial charge in [-0.25, -0.2) is 9.97 Å². The van der Waals surface area contributed by atoms with Gasteiger partial charge in [0.1, 0.15) is 12.0 Å². The number of nitrogens with one attached hydrogen (secondary N) is 1. The summed E-state index contributed by atoms with van der Waals surface area (Å²) in [7, 11) is 3.79. The lowest BCUT2D eigenvalue weighted by molar-refractivity contribution is -0.133. The third-order valence-electron chi connectivity index (χ3n) is 5.58. The molecule has 1 N–H and O–H groups in total. The van der Waals surface area contributed by atoms with Crippen molar-refractivity contribution in [1.82, 2.24) is 19.8 Å². The van der Waals surface area contributed by atoms with Crippen LogP contribution in [0.4, 0.5) is 11.5 Å². The van der Waals surface area contributed by atoms with Crippen molar-refractivity contribution < 1.29 is 4.79 Å². The van der Waals surface area contributed by atoms with E-state index in [1.165, 1.54) is 25.6 Å². The summed E-state index contributed by atoms with van der Waals surface area (Å²) in [6, 6.07) is 0.430. The number of anilines is 2. The number of aromatic nitrogens is 2. The molecular formula is C18H29ClN6O. The van der Waals surface area contributed by atoms with E-state index in [1.807, 2.05) is 19.0 Å². The van der Waals surface area contributed by atoms with Crippen molar-refractivity contribution in [3.8, 4) is 0 Å². The van der Waals surface area contributed by atoms with E-state index in [4.69, 9.17) is 11.6 Å². The number of carbonyl (C=O) groups excluding carboxylic acids is 1. The number of piperazine rings is 1. The maximum absolute atomic E-state index is 12.6. The number of likely N-dealkylation sites (N-methyl/N-ethyl adjacent to an activating group) is 1. The highest BCUT2D eigenvalue weighted by Crippen LogP contribution is 2.29. The van der Waals surface area contributed by atoms with Crippen LogP contribution in [0.3, 0.4) is 0 Å². The van der Waals surface area contributed by atoms with Crippen LogP contribution in [0.2, 0.25) is 5.15 Å². The van der Waals surface area contributed by atoms with Crippen LogP contribution in [0.1, 0.15) is 32.1 Å². The van der Waals surface area contributed by atoms with Crippen LogP contribution in [0, 0.1) is 0 Å². The van der Waals surface area contributed by atoms with E-state index < -0.39 is 0 Å². The molecular weight excluding hydrogens is 352 g/mol. The third-order valence-corrected chi connectivity index (χ3v) is 5.86. The monoisotopic (exact) mass is 380 g/mol. The van der Waals surface area contributed by atoms with Crippen molar-refractivity contribution >= 4 is 29.0 Å². The Morgan fingerprint density at radius 3 is 2.58 bits per heavy atom. The summed E-state index contributed by atoms with van der Waals surface area (Å²) >= 11 is 6.15. The summed E-state index contributed by atoms with van der Waals surface area (Å²) in [6.07, 6.45) is 7.59. The molecule has 1 aliphatic heterocycles. The van der Waals surface area contributed by atoms with Crippen LogP contribution in [-0.4, -0.2) is 78.5 Å². The van der Waals surface area contributed by atoms with E-state index in [0.29, 0.717) is 17.7 Å². The number of halogens is 1. The van der Waals surface area contributed by atoms with Crippen molar-refractivity contribution in [1.29, 1.82) is 0 Å². The van der Waals surface area contributed by atoms with Gasteiger partial charge in [-0.05, 0) is 12.8 Å². The zero-order chi connectivity index (χ0) is 18.5. The molecule has 2 heterocycles. The van der Waals surface area contributed by atoms with Crippen molar-refractivity contribution in [2.45, 2.75) is 38.1 Å². The second-order valence-corrected chi connectivity index (χ2v) is 7.53. The highest BCUT2D eigenvalue weighted by Gasteiger charge is 2.26. The first-order chi connectivity index (χ1) is 12.6. The van der Waals surface area contributed by atoms with Gasteiger partial charge < -0.3 is 15.1 Å². The summed E-state index contributed by atoms with van der Waals surface area (Å²) in [5.74, 6) is 1.07. The highest BCUT2D eigenvalue weighted by molar-refractivity contribution is 6.32. The van der Waals surface area contributed by atoms with Gasteiger partial charge >= 0.3 is 0 Å². The Kier molecular flexibility index (Phi) is 6.53. The lowest BCUT2D eigenvalue weighted by Gasteiger charge is -2.37. The van der Waals surface area contributed by atoms with E-state index in [2.05, 4.69) is 25.1 Å². The second kappa shape index (κ2) is 8.86. The summed E-state index contributed by atoms with van der Waals surface area (Å²) in [5, 5.41) is 3.52. The molecule has 1 saturated heterocycles. The molecule has 0 bridgehead atoms. The van der Waals surface area contributed by atoms with Crippen molar-refractivity contribution in [3.63, 3.8) is 0 Å². The molecule has 0 unspecified atom stereocenters. The van der Waals surface area contributed by atoms with Gasteiger partial charge in [0.05, 0.1) is 6.54 Å². The van der Waals surface area contributed by atoms with E-state index in [-0.39, 0.29) is 5.91 Å². The molecule has 8 heteroatoms. The van der Waals surface area contributed by atoms with E-state index in [9.17, 15) is 4.79 Å². The predicted octanol–water partition coefficient (Wildman–Crippen LogP) is 2.08. The van der Waals surface area contributed by atoms with E-state index in [0.717, 1.165) is 50.5 Å². The lowest BCUT2D eigenvalue weighted by atomic mass is 9.94. The average molecular weight is 381 g/mol. The molecule has 1 saturated carbocycles. The molecule has 0 atom stereocenters. The Hall–Kier alpha value is -1.60. The fourth-order valence-corrected chi connectivity index (χ4v) is 4.13. The Morgan fingerprint density at radius 2 is 1.92 bits per heavy atom. The van der Waals surface area contributed by atoms with Crippen LogP contribution in [-0.2, 0) is 4.79 Å². The first kappa shape index (κ1) is 19.2. The molecule has 2 fully saturated rings. The zero-order valence-electron chi connectivity index (χ0n) is 15.7. The smallest absolute Gasteiger partial charge is 0.236 e. The first-order valence-corrected chi connectivity index (χ1v) is 9.89. The fraction of sp³-hybridized carbons (Fsp3) is 0.722. The number of hydrogen-bond donors (Lipinski definition) is 1. The normalized spacial score (nSPS) is 19.4. The van der Waals surface area contributed by atoms with Crippen molar-refractivity contribution in [3.05, 3.63) is 11.5 Å². The Morgan fingerprint density at radius 1 is 1.23 bits per heavy atom. The van der Waals surface area contributed by atoms with Gasteiger partial charge in [-0.3, -0.25) is 9.69 Å². The predicted molar refractivity (Wildman–Crippen MR) is 105 cm³/mol. The highest BCUT2D eigenvalue weighted by atomic mass is 35.5. The van der Waals surface area contributed by atoms with Gasteiger partial charge in [-0.2, -0.15) is 0 Å². The minimum absolute atomic E-state index is 0.242. The van der Waals surface area contributed by atoms with Crippen LogP contribution in [0.5, 0.6) is 0 Å². The molecule has 1 aromatic rings. The van der Waals surface area contributed by atoms with Crippen LogP contribution >= 0.6 is 11.6 Å². The second-order valence-electron chi connectivity index (χ2n) is 7.17. The summed E-state index contributed by atoms with van der Waals surface area (Å²) in [4.78, 5) is 27.5. The van der Waals surface area contributed by atoms with Gasteiger partial charge in [0.2, 0.25) is 5.91 Å². The van der Waals surface area contributed by atoms with Gasteiger partial charge in [0.15, 0.2) is 11.0 Å². The zero-order valence-corrected chi connectivity index (χ0v) is 16.5. The molecule has 3 rings (SSSR count). The molecule has 1 amide bonds. The van der Waals surface area contributed by atoms with E-state index >= 15 is 0 Å². The Bertz CT molecular complexity index is 614. The summed E-state index contributed by atoms with van der Waals surface area (Å²) in [6.45, 7) is 3.83. The minimum atomic E-state index is 0.242. The van der Waals surface area contributed by atoms with Crippen LogP contribution < -0.4 is 10.2 Å². The van der Waals surface area contributed by atoms with Crippen LogP contribution in [0.15, 0.2) is 6.33 Å². The molecule has 0 spiro atoms. The number of amides is 1. The summed E-state index contributed by atoms with van der Waals surface area (Å²) < 4.78 is 0. The molecule has 0 radical (unpaired) electrons. The number of rotatable bonds is 5. The molecule has 144 valence electrons. The molecule has 1 aliphatic carbocycles. The van der Waals surface area contributed by atoms with E-state index in [1.54, 1.807) is 0 Å². The number of hydrogen-bond acceptors (Lipinski definition) is 6. The van der Waals surface area contributed by atoms with Gasteiger partial charge in [0, 0.05) is 46.3 Å². The molecule has 7 nitrogen and oxygen atoms in total. The standard InChI is InChI=1S/C18H29ClN6O/c1-20-16-17(19)21-13-22-18(16)25-10-8-24(9-11-25)12-15(26)23(2)14-6-4-3-5-7-14/h13-14,20H,3-12H2,1-2H3. The maximum Gasteiger partial charge on any atom is 0.236 e. The van der Waals surface area contributed by atoms with Gasteiger partial charge in [-0.1, -0.05) is 30.9 Å². The molecule has 1 aromatic heterocycles.